The fourth-order valence-electron chi connectivity index (χ4n) is 2.86. The predicted octanol–water partition coefficient (Wildman–Crippen LogP) is 6.38. The number of rotatable bonds is 9. The first-order valence-corrected chi connectivity index (χ1v) is 11.8. The van der Waals surface area contributed by atoms with E-state index < -0.39 is 5.97 Å². The first-order valence-electron chi connectivity index (χ1n) is 9.98. The molecule has 7 heteroatoms. The molecular weight excluding hydrogens is 587 g/mol. The van der Waals surface area contributed by atoms with Gasteiger partial charge < -0.3 is 14.2 Å². The standard InChI is InChI=1S/C25H22BrIO5/c1-3-30-23-13-19(25(29)32-15-22(28)18-8-10-20(26)11-9-18)12-21(27)24(23)31-14-17-6-4-16(2)5-7-17/h4-13H,3,14-15H2,1-2H3. The van der Waals surface area contributed by atoms with Crippen LogP contribution in [0, 0.1) is 10.5 Å². The third kappa shape index (κ3) is 6.56. The van der Waals surface area contributed by atoms with E-state index >= 15 is 0 Å². The molecule has 3 aromatic rings. The van der Waals surface area contributed by atoms with Crippen molar-refractivity contribution in [2.45, 2.75) is 20.5 Å². The van der Waals surface area contributed by atoms with Gasteiger partial charge in [0.1, 0.15) is 6.61 Å². The van der Waals surface area contributed by atoms with Gasteiger partial charge in [-0.2, -0.15) is 0 Å². The van der Waals surface area contributed by atoms with Gasteiger partial charge in [-0.05, 0) is 66.3 Å². The van der Waals surface area contributed by atoms with Crippen LogP contribution in [0.4, 0.5) is 0 Å². The zero-order valence-corrected chi connectivity index (χ0v) is 21.4. The molecule has 166 valence electrons. The molecule has 0 spiro atoms. The number of carbonyl (C=O) groups is 2. The van der Waals surface area contributed by atoms with Crippen LogP contribution >= 0.6 is 38.5 Å². The average Bonchev–Trinajstić information content (AvgIpc) is 2.78. The fraction of sp³-hybridized carbons (Fsp3) is 0.200. The van der Waals surface area contributed by atoms with Gasteiger partial charge in [0.2, 0.25) is 0 Å². The number of esters is 1. The highest BCUT2D eigenvalue weighted by atomic mass is 127. The van der Waals surface area contributed by atoms with E-state index in [1.165, 1.54) is 5.56 Å². The molecule has 32 heavy (non-hydrogen) atoms. The molecule has 0 N–H and O–H groups in total. The van der Waals surface area contributed by atoms with Gasteiger partial charge in [0.05, 0.1) is 15.7 Å². The number of hydrogen-bond acceptors (Lipinski definition) is 5. The summed E-state index contributed by atoms with van der Waals surface area (Å²) in [6, 6.07) is 18.2. The Balaban J connectivity index is 1.70. The summed E-state index contributed by atoms with van der Waals surface area (Å²) in [5.41, 5.74) is 2.98. The van der Waals surface area contributed by atoms with Crippen LogP contribution in [-0.2, 0) is 11.3 Å². The van der Waals surface area contributed by atoms with Crippen LogP contribution in [0.5, 0.6) is 11.5 Å². The number of benzene rings is 3. The fourth-order valence-corrected chi connectivity index (χ4v) is 3.88. The van der Waals surface area contributed by atoms with E-state index in [1.807, 2.05) is 38.1 Å². The number of halogens is 2. The van der Waals surface area contributed by atoms with E-state index in [9.17, 15) is 9.59 Å². The van der Waals surface area contributed by atoms with Gasteiger partial charge in [0.15, 0.2) is 23.9 Å². The molecule has 0 atom stereocenters. The van der Waals surface area contributed by atoms with Crippen molar-refractivity contribution in [2.24, 2.45) is 0 Å². The summed E-state index contributed by atoms with van der Waals surface area (Å²) in [4.78, 5) is 24.9. The van der Waals surface area contributed by atoms with E-state index in [0.717, 1.165) is 10.0 Å². The summed E-state index contributed by atoms with van der Waals surface area (Å²) in [5, 5.41) is 0. The second-order valence-corrected chi connectivity index (χ2v) is 9.08. The maximum atomic E-state index is 12.6. The maximum absolute atomic E-state index is 12.6. The lowest BCUT2D eigenvalue weighted by Gasteiger charge is -2.15. The molecule has 3 rings (SSSR count). The van der Waals surface area contributed by atoms with Gasteiger partial charge in [-0.25, -0.2) is 4.79 Å². The van der Waals surface area contributed by atoms with E-state index in [2.05, 4.69) is 38.5 Å². The Kier molecular flexibility index (Phi) is 8.69. The molecule has 0 aliphatic heterocycles. The Bertz CT molecular complexity index is 1090. The SMILES string of the molecule is CCOc1cc(C(=O)OCC(=O)c2ccc(Br)cc2)cc(I)c1OCc1ccc(C)cc1. The molecule has 0 aromatic heterocycles. The van der Waals surface area contributed by atoms with Crippen molar-refractivity contribution < 1.29 is 23.8 Å². The lowest BCUT2D eigenvalue weighted by Crippen LogP contribution is -2.15. The van der Waals surface area contributed by atoms with Crippen molar-refractivity contribution in [1.29, 1.82) is 0 Å². The van der Waals surface area contributed by atoms with E-state index in [0.29, 0.717) is 39.4 Å². The van der Waals surface area contributed by atoms with Crippen molar-refractivity contribution in [1.82, 2.24) is 0 Å². The van der Waals surface area contributed by atoms with E-state index in [-0.39, 0.29) is 12.4 Å². The molecule has 0 bridgehead atoms. The number of aryl methyl sites for hydroxylation is 1. The summed E-state index contributed by atoms with van der Waals surface area (Å²) >= 11 is 5.43. The van der Waals surface area contributed by atoms with E-state index in [4.69, 9.17) is 14.2 Å². The van der Waals surface area contributed by atoms with Crippen LogP contribution in [0.1, 0.15) is 38.8 Å². The van der Waals surface area contributed by atoms with Crippen LogP contribution in [0.25, 0.3) is 0 Å². The topological polar surface area (TPSA) is 61.8 Å². The third-order valence-electron chi connectivity index (χ3n) is 4.55. The average molecular weight is 609 g/mol. The smallest absolute Gasteiger partial charge is 0.338 e. The molecule has 0 fully saturated rings. The highest BCUT2D eigenvalue weighted by molar-refractivity contribution is 14.1. The van der Waals surface area contributed by atoms with Crippen molar-refractivity contribution in [3.63, 3.8) is 0 Å². The summed E-state index contributed by atoms with van der Waals surface area (Å²) < 4.78 is 18.5. The maximum Gasteiger partial charge on any atom is 0.338 e. The van der Waals surface area contributed by atoms with Gasteiger partial charge in [-0.3, -0.25) is 4.79 Å². The molecule has 0 saturated carbocycles. The largest absolute Gasteiger partial charge is 0.490 e. The Morgan fingerprint density at radius 1 is 0.938 bits per heavy atom. The van der Waals surface area contributed by atoms with Crippen molar-refractivity contribution in [2.75, 3.05) is 13.2 Å². The van der Waals surface area contributed by atoms with Gasteiger partial charge in [0, 0.05) is 10.0 Å². The molecule has 0 saturated heterocycles. The summed E-state index contributed by atoms with van der Waals surface area (Å²) in [6.45, 7) is 4.34. The second-order valence-electron chi connectivity index (χ2n) is 7.00. The van der Waals surface area contributed by atoms with Crippen LogP contribution in [-0.4, -0.2) is 25.0 Å². The van der Waals surface area contributed by atoms with Gasteiger partial charge >= 0.3 is 5.97 Å². The molecule has 0 radical (unpaired) electrons. The van der Waals surface area contributed by atoms with Crippen molar-refractivity contribution in [3.05, 3.63) is 91.0 Å². The molecule has 0 aliphatic carbocycles. The van der Waals surface area contributed by atoms with Crippen LogP contribution in [0.3, 0.4) is 0 Å². The quantitative estimate of drug-likeness (QED) is 0.160. The summed E-state index contributed by atoms with van der Waals surface area (Å²) in [7, 11) is 0. The molecule has 0 amide bonds. The van der Waals surface area contributed by atoms with Crippen LogP contribution in [0.15, 0.2) is 65.1 Å². The minimum Gasteiger partial charge on any atom is -0.490 e. The number of Topliss-reactive ketones (excluding diaryl/α,β-unsaturated/α-hetero) is 1. The second kappa shape index (κ2) is 11.5. The zero-order chi connectivity index (χ0) is 23.1. The first kappa shape index (κ1) is 24.3. The highest BCUT2D eigenvalue weighted by Crippen LogP contribution is 2.35. The Hall–Kier alpha value is -2.39. The monoisotopic (exact) mass is 608 g/mol. The van der Waals surface area contributed by atoms with Gasteiger partial charge in [0.25, 0.3) is 0 Å². The molecule has 3 aromatic carbocycles. The minimum absolute atomic E-state index is 0.274. The van der Waals surface area contributed by atoms with Gasteiger partial charge in [-0.1, -0.05) is 57.9 Å². The molecule has 0 unspecified atom stereocenters. The van der Waals surface area contributed by atoms with E-state index in [1.54, 1.807) is 36.4 Å². The van der Waals surface area contributed by atoms with Gasteiger partial charge in [-0.15, -0.1) is 0 Å². The predicted molar refractivity (Wildman–Crippen MR) is 135 cm³/mol. The minimum atomic E-state index is -0.598. The number of hydrogen-bond donors (Lipinski definition) is 0. The van der Waals surface area contributed by atoms with Crippen molar-refractivity contribution in [3.8, 4) is 11.5 Å². The number of ether oxygens (including phenoxy) is 3. The number of ketones is 1. The summed E-state index contributed by atoms with van der Waals surface area (Å²) in [6.07, 6.45) is 0. The number of carbonyl (C=O) groups excluding carboxylic acids is 2. The van der Waals surface area contributed by atoms with Crippen LogP contribution < -0.4 is 9.47 Å². The lowest BCUT2D eigenvalue weighted by molar-refractivity contribution is 0.0474. The summed E-state index contributed by atoms with van der Waals surface area (Å²) in [5.74, 6) is 0.149. The Morgan fingerprint density at radius 3 is 2.28 bits per heavy atom. The first-order chi connectivity index (χ1) is 15.4. The zero-order valence-electron chi connectivity index (χ0n) is 17.7. The Morgan fingerprint density at radius 2 is 1.62 bits per heavy atom. The normalized spacial score (nSPS) is 10.5. The molecule has 0 aliphatic rings. The Labute approximate surface area is 209 Å². The van der Waals surface area contributed by atoms with Crippen molar-refractivity contribution >= 4 is 50.3 Å². The molecule has 5 nitrogen and oxygen atoms in total. The molecular formula is C25H22BrIO5. The van der Waals surface area contributed by atoms with Crippen LogP contribution in [0.2, 0.25) is 0 Å². The lowest BCUT2D eigenvalue weighted by atomic mass is 10.1. The third-order valence-corrected chi connectivity index (χ3v) is 5.88. The highest BCUT2D eigenvalue weighted by Gasteiger charge is 2.18. The molecule has 0 heterocycles.